The number of fused-ring (bicyclic) bond motifs is 1. The zero-order valence-corrected chi connectivity index (χ0v) is 10.6. The standard InChI is InChI=1S/C14H21NO2/c1-3-13(16)9-15-10(2)11-4-5-14-12(8-11)6-7-17-14/h4-5,8,10,13,15-16H,3,6-7,9H2,1-2H3. The molecule has 2 rings (SSSR count). The number of hydrogen-bond acceptors (Lipinski definition) is 3. The fraction of sp³-hybridized carbons (Fsp3) is 0.571. The summed E-state index contributed by atoms with van der Waals surface area (Å²) in [5.41, 5.74) is 2.56. The molecule has 0 bridgehead atoms. The van der Waals surface area contributed by atoms with Crippen LogP contribution < -0.4 is 10.1 Å². The third kappa shape index (κ3) is 2.99. The molecule has 17 heavy (non-hydrogen) atoms. The number of aliphatic hydroxyl groups is 1. The molecule has 3 heteroatoms. The van der Waals surface area contributed by atoms with Gasteiger partial charge in [-0.1, -0.05) is 19.1 Å². The van der Waals surface area contributed by atoms with Gasteiger partial charge >= 0.3 is 0 Å². The molecule has 1 heterocycles. The summed E-state index contributed by atoms with van der Waals surface area (Å²) in [6.07, 6.45) is 1.54. The van der Waals surface area contributed by atoms with Crippen LogP contribution in [-0.2, 0) is 6.42 Å². The Bertz CT molecular complexity index is 378. The molecule has 2 unspecified atom stereocenters. The van der Waals surface area contributed by atoms with E-state index in [1.54, 1.807) is 0 Å². The molecule has 0 amide bonds. The van der Waals surface area contributed by atoms with Gasteiger partial charge in [-0.3, -0.25) is 0 Å². The van der Waals surface area contributed by atoms with Crippen LogP contribution in [0.1, 0.15) is 37.4 Å². The third-order valence-electron chi connectivity index (χ3n) is 3.34. The Morgan fingerprint density at radius 2 is 2.29 bits per heavy atom. The SMILES string of the molecule is CCC(O)CNC(C)c1ccc2c(c1)CCO2. The van der Waals surface area contributed by atoms with Gasteiger partial charge in [-0.05, 0) is 30.5 Å². The van der Waals surface area contributed by atoms with Crippen molar-refractivity contribution in [3.05, 3.63) is 29.3 Å². The van der Waals surface area contributed by atoms with Crippen molar-refractivity contribution in [2.45, 2.75) is 38.8 Å². The highest BCUT2D eigenvalue weighted by molar-refractivity contribution is 5.40. The van der Waals surface area contributed by atoms with Crippen LogP contribution in [0.3, 0.4) is 0 Å². The van der Waals surface area contributed by atoms with Crippen LogP contribution >= 0.6 is 0 Å². The van der Waals surface area contributed by atoms with E-state index >= 15 is 0 Å². The van der Waals surface area contributed by atoms with Crippen molar-refractivity contribution in [1.29, 1.82) is 0 Å². The second kappa shape index (κ2) is 5.52. The van der Waals surface area contributed by atoms with Gasteiger partial charge in [0.2, 0.25) is 0 Å². The lowest BCUT2D eigenvalue weighted by Gasteiger charge is -2.17. The lowest BCUT2D eigenvalue weighted by Crippen LogP contribution is -2.28. The van der Waals surface area contributed by atoms with Crippen molar-refractivity contribution in [3.63, 3.8) is 0 Å². The highest BCUT2D eigenvalue weighted by Crippen LogP contribution is 2.27. The summed E-state index contributed by atoms with van der Waals surface area (Å²) in [5, 5.41) is 12.9. The molecule has 0 aliphatic carbocycles. The maximum Gasteiger partial charge on any atom is 0.122 e. The van der Waals surface area contributed by atoms with Crippen LogP contribution in [0.5, 0.6) is 5.75 Å². The summed E-state index contributed by atoms with van der Waals surface area (Å²) in [6, 6.07) is 6.62. The van der Waals surface area contributed by atoms with Crippen molar-refractivity contribution in [2.24, 2.45) is 0 Å². The van der Waals surface area contributed by atoms with Crippen LogP contribution in [0.15, 0.2) is 18.2 Å². The van der Waals surface area contributed by atoms with Gasteiger partial charge in [-0.15, -0.1) is 0 Å². The van der Waals surface area contributed by atoms with Crippen molar-refractivity contribution in [3.8, 4) is 5.75 Å². The van der Waals surface area contributed by atoms with Gasteiger partial charge in [0.15, 0.2) is 0 Å². The molecule has 0 spiro atoms. The van der Waals surface area contributed by atoms with Crippen LogP contribution in [0.2, 0.25) is 0 Å². The molecule has 94 valence electrons. The lowest BCUT2D eigenvalue weighted by molar-refractivity contribution is 0.164. The fourth-order valence-electron chi connectivity index (χ4n) is 2.05. The van der Waals surface area contributed by atoms with Gasteiger partial charge in [0.25, 0.3) is 0 Å². The van der Waals surface area contributed by atoms with Crippen LogP contribution in [0.4, 0.5) is 0 Å². The van der Waals surface area contributed by atoms with E-state index in [0.717, 1.165) is 25.2 Å². The molecule has 1 aliphatic rings. The minimum absolute atomic E-state index is 0.254. The topological polar surface area (TPSA) is 41.5 Å². The first-order valence-corrected chi connectivity index (χ1v) is 6.37. The predicted molar refractivity (Wildman–Crippen MR) is 68.4 cm³/mol. The van der Waals surface area contributed by atoms with Gasteiger partial charge in [0, 0.05) is 19.0 Å². The molecule has 0 fully saturated rings. The number of aliphatic hydroxyl groups excluding tert-OH is 1. The number of nitrogens with one attached hydrogen (secondary N) is 1. The third-order valence-corrected chi connectivity index (χ3v) is 3.34. The number of rotatable bonds is 5. The van der Waals surface area contributed by atoms with Crippen molar-refractivity contribution < 1.29 is 9.84 Å². The Morgan fingerprint density at radius 1 is 1.47 bits per heavy atom. The van der Waals surface area contributed by atoms with E-state index in [2.05, 4.69) is 24.4 Å². The van der Waals surface area contributed by atoms with Gasteiger partial charge < -0.3 is 15.2 Å². The molecule has 0 saturated heterocycles. The highest BCUT2D eigenvalue weighted by atomic mass is 16.5. The molecule has 3 nitrogen and oxygen atoms in total. The van der Waals surface area contributed by atoms with Gasteiger partial charge in [-0.25, -0.2) is 0 Å². The molecular weight excluding hydrogens is 214 g/mol. The second-order valence-corrected chi connectivity index (χ2v) is 4.66. The summed E-state index contributed by atoms with van der Waals surface area (Å²) < 4.78 is 5.49. The van der Waals surface area contributed by atoms with E-state index in [0.29, 0.717) is 6.54 Å². The number of hydrogen-bond donors (Lipinski definition) is 2. The molecular formula is C14H21NO2. The Labute approximate surface area is 103 Å². The quantitative estimate of drug-likeness (QED) is 0.820. The largest absolute Gasteiger partial charge is 0.493 e. The van der Waals surface area contributed by atoms with Gasteiger partial charge in [0.05, 0.1) is 12.7 Å². The van der Waals surface area contributed by atoms with E-state index < -0.39 is 0 Å². The minimum atomic E-state index is -0.254. The minimum Gasteiger partial charge on any atom is -0.493 e. The monoisotopic (exact) mass is 235 g/mol. The normalized spacial score (nSPS) is 17.4. The zero-order chi connectivity index (χ0) is 12.3. The molecule has 1 aromatic carbocycles. The van der Waals surface area contributed by atoms with E-state index in [9.17, 15) is 5.11 Å². The summed E-state index contributed by atoms with van der Waals surface area (Å²) in [7, 11) is 0. The second-order valence-electron chi connectivity index (χ2n) is 4.66. The van der Waals surface area contributed by atoms with Crippen LogP contribution in [0, 0.1) is 0 Å². The fourth-order valence-corrected chi connectivity index (χ4v) is 2.05. The maximum atomic E-state index is 9.53. The van der Waals surface area contributed by atoms with E-state index in [-0.39, 0.29) is 12.1 Å². The summed E-state index contributed by atoms with van der Waals surface area (Å²) >= 11 is 0. The zero-order valence-electron chi connectivity index (χ0n) is 10.6. The van der Waals surface area contributed by atoms with Gasteiger partial charge in [-0.2, -0.15) is 0 Å². The molecule has 0 radical (unpaired) electrons. The molecule has 1 aromatic rings. The molecule has 2 atom stereocenters. The summed E-state index contributed by atoms with van der Waals surface area (Å²) in [4.78, 5) is 0. The number of ether oxygens (including phenoxy) is 1. The average Bonchev–Trinajstić information content (AvgIpc) is 2.82. The average molecular weight is 235 g/mol. The van der Waals surface area contributed by atoms with E-state index in [4.69, 9.17) is 4.74 Å². The highest BCUT2D eigenvalue weighted by Gasteiger charge is 2.14. The Hall–Kier alpha value is -1.06. The van der Waals surface area contributed by atoms with Crippen molar-refractivity contribution in [2.75, 3.05) is 13.2 Å². The smallest absolute Gasteiger partial charge is 0.122 e. The van der Waals surface area contributed by atoms with E-state index in [1.807, 2.05) is 13.0 Å². The van der Waals surface area contributed by atoms with Crippen molar-refractivity contribution >= 4 is 0 Å². The summed E-state index contributed by atoms with van der Waals surface area (Å²) in [5.74, 6) is 1.02. The first-order chi connectivity index (χ1) is 8.20. The van der Waals surface area contributed by atoms with Crippen LogP contribution in [-0.4, -0.2) is 24.4 Å². The van der Waals surface area contributed by atoms with E-state index in [1.165, 1.54) is 11.1 Å². The summed E-state index contributed by atoms with van der Waals surface area (Å²) in [6.45, 7) is 5.56. The van der Waals surface area contributed by atoms with Crippen molar-refractivity contribution in [1.82, 2.24) is 5.32 Å². The first kappa shape index (κ1) is 12.4. The first-order valence-electron chi connectivity index (χ1n) is 6.37. The Morgan fingerprint density at radius 3 is 3.06 bits per heavy atom. The number of benzene rings is 1. The molecule has 0 aromatic heterocycles. The lowest BCUT2D eigenvalue weighted by atomic mass is 10.0. The molecule has 0 saturated carbocycles. The molecule has 2 N–H and O–H groups in total. The van der Waals surface area contributed by atoms with Crippen LogP contribution in [0.25, 0.3) is 0 Å². The molecule has 1 aliphatic heterocycles. The predicted octanol–water partition coefficient (Wildman–Crippen LogP) is 2.04. The van der Waals surface area contributed by atoms with Gasteiger partial charge in [0.1, 0.15) is 5.75 Å². The maximum absolute atomic E-state index is 9.53. The Kier molecular flexibility index (Phi) is 4.02. The Balaban J connectivity index is 1.97.